The highest BCUT2D eigenvalue weighted by Gasteiger charge is 2.20. The van der Waals surface area contributed by atoms with Gasteiger partial charge < -0.3 is 15.4 Å². The Balaban J connectivity index is 2.09. The molecular weight excluding hydrogens is 300 g/mol. The van der Waals surface area contributed by atoms with Crippen LogP contribution in [-0.2, 0) is 19.6 Å². The van der Waals surface area contributed by atoms with E-state index in [1.54, 1.807) is 12.1 Å². The maximum Gasteiger partial charge on any atom is 0.322 e. The lowest BCUT2D eigenvalue weighted by Crippen LogP contribution is -2.38. The van der Waals surface area contributed by atoms with Crippen molar-refractivity contribution >= 4 is 32.9 Å². The third-order valence-corrected chi connectivity index (χ3v) is 4.00. The maximum absolute atomic E-state index is 12.1. The largest absolute Gasteiger partial charge is 0.480 e. The number of aliphatic carboxylic acids is 1. The number of carboxylic acid groups (broad SMARTS) is 1. The van der Waals surface area contributed by atoms with Crippen LogP contribution in [0.1, 0.15) is 0 Å². The number of sulfonamides is 1. The molecule has 0 aliphatic heterocycles. The number of H-pyrrole nitrogens is 1. The SMILES string of the molecule is O=C(O)CNC(=O)CNS(=O)(=O)c1c[nH]c2ncccc12. The fourth-order valence-corrected chi connectivity index (χ4v) is 2.77. The van der Waals surface area contributed by atoms with E-state index in [2.05, 4.69) is 20.0 Å². The second-order valence-corrected chi connectivity index (χ2v) is 5.78. The van der Waals surface area contributed by atoms with E-state index in [9.17, 15) is 18.0 Å². The van der Waals surface area contributed by atoms with Gasteiger partial charge in [-0.2, -0.15) is 0 Å². The molecule has 2 heterocycles. The first-order chi connectivity index (χ1) is 9.90. The van der Waals surface area contributed by atoms with Crippen LogP contribution in [0.4, 0.5) is 0 Å². The number of aromatic amines is 1. The van der Waals surface area contributed by atoms with Crippen molar-refractivity contribution in [2.24, 2.45) is 0 Å². The van der Waals surface area contributed by atoms with Gasteiger partial charge in [-0.25, -0.2) is 18.1 Å². The van der Waals surface area contributed by atoms with Crippen molar-refractivity contribution in [3.8, 4) is 0 Å². The van der Waals surface area contributed by atoms with Crippen LogP contribution >= 0.6 is 0 Å². The van der Waals surface area contributed by atoms with Crippen LogP contribution in [0.5, 0.6) is 0 Å². The van der Waals surface area contributed by atoms with Crippen molar-refractivity contribution < 1.29 is 23.1 Å². The zero-order valence-electron chi connectivity index (χ0n) is 10.7. The monoisotopic (exact) mass is 312 g/mol. The molecule has 2 aromatic rings. The number of hydrogen-bond acceptors (Lipinski definition) is 5. The summed E-state index contributed by atoms with van der Waals surface area (Å²) in [5.74, 6) is -1.95. The zero-order chi connectivity index (χ0) is 15.5. The summed E-state index contributed by atoms with van der Waals surface area (Å²) in [7, 11) is -3.91. The Kier molecular flexibility index (Phi) is 4.19. The summed E-state index contributed by atoms with van der Waals surface area (Å²) < 4.78 is 26.3. The van der Waals surface area contributed by atoms with Crippen LogP contribution in [0.3, 0.4) is 0 Å². The van der Waals surface area contributed by atoms with Crippen molar-refractivity contribution in [3.05, 3.63) is 24.5 Å². The summed E-state index contributed by atoms with van der Waals surface area (Å²) in [6.07, 6.45) is 2.79. The second-order valence-electron chi connectivity index (χ2n) is 4.05. The number of fused-ring (bicyclic) bond motifs is 1. The van der Waals surface area contributed by atoms with E-state index in [1.807, 2.05) is 0 Å². The summed E-state index contributed by atoms with van der Waals surface area (Å²) >= 11 is 0. The van der Waals surface area contributed by atoms with Gasteiger partial charge in [0, 0.05) is 17.8 Å². The molecule has 0 bridgehead atoms. The third kappa shape index (κ3) is 3.55. The Morgan fingerprint density at radius 3 is 2.81 bits per heavy atom. The topological polar surface area (TPSA) is 141 Å². The average Bonchev–Trinajstić information content (AvgIpc) is 2.87. The number of amides is 1. The van der Waals surface area contributed by atoms with Crippen LogP contribution in [0.15, 0.2) is 29.4 Å². The zero-order valence-corrected chi connectivity index (χ0v) is 11.5. The fourth-order valence-electron chi connectivity index (χ4n) is 1.63. The van der Waals surface area contributed by atoms with Crippen LogP contribution < -0.4 is 10.0 Å². The predicted molar refractivity (Wildman–Crippen MR) is 71.9 cm³/mol. The van der Waals surface area contributed by atoms with E-state index in [4.69, 9.17) is 5.11 Å². The lowest BCUT2D eigenvalue weighted by Gasteiger charge is -2.05. The van der Waals surface area contributed by atoms with Crippen molar-refractivity contribution in [2.45, 2.75) is 4.90 Å². The molecule has 0 spiro atoms. The van der Waals surface area contributed by atoms with Crippen LogP contribution in [0, 0.1) is 0 Å². The minimum absolute atomic E-state index is 0.0309. The van der Waals surface area contributed by atoms with Gasteiger partial charge in [0.05, 0.1) is 6.54 Å². The summed E-state index contributed by atoms with van der Waals surface area (Å²) in [6, 6.07) is 3.17. The molecule has 0 aliphatic carbocycles. The van der Waals surface area contributed by atoms with Gasteiger partial charge in [-0.1, -0.05) is 0 Å². The maximum atomic E-state index is 12.1. The minimum atomic E-state index is -3.91. The first-order valence-corrected chi connectivity index (χ1v) is 7.29. The Labute approximate surface area is 119 Å². The van der Waals surface area contributed by atoms with Crippen molar-refractivity contribution in [1.29, 1.82) is 0 Å². The fraction of sp³-hybridized carbons (Fsp3) is 0.182. The molecule has 9 nitrogen and oxygen atoms in total. The number of carboxylic acids is 1. The number of rotatable bonds is 6. The van der Waals surface area contributed by atoms with E-state index >= 15 is 0 Å². The van der Waals surface area contributed by atoms with Crippen LogP contribution in [0.2, 0.25) is 0 Å². The molecule has 0 aliphatic rings. The Hall–Kier alpha value is -2.46. The molecule has 0 unspecified atom stereocenters. The third-order valence-electron chi connectivity index (χ3n) is 2.56. The number of nitrogens with one attached hydrogen (secondary N) is 3. The van der Waals surface area contributed by atoms with Gasteiger partial charge in [0.1, 0.15) is 17.1 Å². The highest BCUT2D eigenvalue weighted by molar-refractivity contribution is 7.89. The highest BCUT2D eigenvalue weighted by atomic mass is 32.2. The van der Waals surface area contributed by atoms with E-state index in [-0.39, 0.29) is 4.90 Å². The molecule has 1 amide bonds. The molecule has 10 heteroatoms. The Morgan fingerprint density at radius 1 is 1.33 bits per heavy atom. The molecule has 112 valence electrons. The van der Waals surface area contributed by atoms with Gasteiger partial charge in [-0.3, -0.25) is 9.59 Å². The molecule has 2 rings (SSSR count). The number of carbonyl (C=O) groups is 2. The predicted octanol–water partition coefficient (Wildman–Crippen LogP) is -0.958. The molecule has 0 fully saturated rings. The van der Waals surface area contributed by atoms with Crippen molar-refractivity contribution in [3.63, 3.8) is 0 Å². The smallest absolute Gasteiger partial charge is 0.322 e. The summed E-state index contributed by atoms with van der Waals surface area (Å²) in [5.41, 5.74) is 0.410. The van der Waals surface area contributed by atoms with Gasteiger partial charge >= 0.3 is 5.97 Å². The molecule has 2 aromatic heterocycles. The summed E-state index contributed by atoms with van der Waals surface area (Å²) in [4.78, 5) is 28.2. The summed E-state index contributed by atoms with van der Waals surface area (Å²) in [5, 5.41) is 10.8. The lowest BCUT2D eigenvalue weighted by molar-refractivity contribution is -0.137. The highest BCUT2D eigenvalue weighted by Crippen LogP contribution is 2.20. The number of aromatic nitrogens is 2. The molecule has 0 atom stereocenters. The van der Waals surface area contributed by atoms with Crippen LogP contribution in [-0.4, -0.2) is 48.5 Å². The molecule has 0 aromatic carbocycles. The molecule has 0 radical (unpaired) electrons. The first-order valence-electron chi connectivity index (χ1n) is 5.80. The van der Waals surface area contributed by atoms with E-state index in [0.717, 1.165) is 0 Å². The second kappa shape index (κ2) is 5.89. The van der Waals surface area contributed by atoms with Gasteiger partial charge in [-0.15, -0.1) is 0 Å². The van der Waals surface area contributed by atoms with E-state index < -0.39 is 35.0 Å². The quantitative estimate of drug-likeness (QED) is 0.541. The van der Waals surface area contributed by atoms with Crippen LogP contribution in [0.25, 0.3) is 11.0 Å². The standard InChI is InChI=1S/C11H12N4O5S/c16-9(13-6-10(17)18)5-15-21(19,20)8-4-14-11-7(8)2-1-3-12-11/h1-4,15H,5-6H2,(H,12,14)(H,13,16)(H,17,18). The van der Waals surface area contributed by atoms with Gasteiger partial charge in [-0.05, 0) is 12.1 Å². The van der Waals surface area contributed by atoms with Gasteiger partial charge in [0.25, 0.3) is 0 Å². The average molecular weight is 312 g/mol. The van der Waals surface area contributed by atoms with Gasteiger partial charge in [0.2, 0.25) is 15.9 Å². The van der Waals surface area contributed by atoms with E-state index in [0.29, 0.717) is 11.0 Å². The molecule has 0 saturated carbocycles. The molecule has 4 N–H and O–H groups in total. The molecule has 21 heavy (non-hydrogen) atoms. The number of hydrogen-bond donors (Lipinski definition) is 4. The van der Waals surface area contributed by atoms with Gasteiger partial charge in [0.15, 0.2) is 0 Å². The lowest BCUT2D eigenvalue weighted by atomic mass is 10.3. The van der Waals surface area contributed by atoms with Crippen molar-refractivity contribution in [2.75, 3.05) is 13.1 Å². The summed E-state index contributed by atoms with van der Waals surface area (Å²) in [6.45, 7) is -1.12. The van der Waals surface area contributed by atoms with E-state index in [1.165, 1.54) is 12.4 Å². The minimum Gasteiger partial charge on any atom is -0.480 e. The molecule has 0 saturated heterocycles. The number of carbonyl (C=O) groups excluding carboxylic acids is 1. The number of pyridine rings is 1. The van der Waals surface area contributed by atoms with Crippen molar-refractivity contribution in [1.82, 2.24) is 20.0 Å². The Bertz CT molecular complexity index is 783. The number of nitrogens with zero attached hydrogens (tertiary/aromatic N) is 1. The Morgan fingerprint density at radius 2 is 2.10 bits per heavy atom. The normalized spacial score (nSPS) is 11.4. The first kappa shape index (κ1) is 14.9. The molecular formula is C11H12N4O5S.